The molecule has 4 heteroatoms. The molecule has 1 aliphatic rings. The van der Waals surface area contributed by atoms with Crippen LogP contribution in [0.3, 0.4) is 0 Å². The minimum Gasteiger partial charge on any atom is -0.465 e. The van der Waals surface area contributed by atoms with E-state index in [-0.39, 0.29) is 6.42 Å². The Morgan fingerprint density at radius 1 is 1.57 bits per heavy atom. The van der Waals surface area contributed by atoms with E-state index in [0.717, 1.165) is 25.7 Å². The molecule has 0 aromatic rings. The molecule has 0 saturated heterocycles. The van der Waals surface area contributed by atoms with Crippen LogP contribution >= 0.6 is 11.6 Å². The second-order valence-electron chi connectivity index (χ2n) is 3.75. The van der Waals surface area contributed by atoms with Gasteiger partial charge in [0.25, 0.3) is 0 Å². The second kappa shape index (κ2) is 4.96. The monoisotopic (exact) mass is 222 g/mol. The number of ether oxygens (including phenoxy) is 1. The van der Waals surface area contributed by atoms with Crippen LogP contribution in [-0.2, 0) is 9.53 Å². The van der Waals surface area contributed by atoms with Crippen molar-refractivity contribution in [1.29, 1.82) is 0 Å². The number of hydrogen-bond donors (Lipinski definition) is 0. The predicted octanol–water partition coefficient (Wildman–Crippen LogP) is 3.03. The zero-order valence-electron chi connectivity index (χ0n) is 8.39. The van der Waals surface area contributed by atoms with Crippen molar-refractivity contribution in [3.8, 4) is 0 Å². The van der Waals surface area contributed by atoms with Gasteiger partial charge in [0.1, 0.15) is 5.92 Å². The Bertz CT molecular complexity index is 206. The van der Waals surface area contributed by atoms with E-state index < -0.39 is 17.0 Å². The summed E-state index contributed by atoms with van der Waals surface area (Å²) in [5.74, 6) is -1.21. The fraction of sp³-hybridized carbons (Fsp3) is 0.900. The lowest BCUT2D eigenvalue weighted by atomic mass is 10.2. The summed E-state index contributed by atoms with van der Waals surface area (Å²) in [5, 5.41) is -1.82. The number of carbonyl (C=O) groups is 1. The highest BCUT2D eigenvalue weighted by Gasteiger charge is 2.59. The standard InChI is InChI=1S/C10H16ClFO2/c1-2-3-4-5-6-14-9(13)8-7-10(8,11)12/h8H,2-7H2,1H3/t8-,10?/m0/s1. The van der Waals surface area contributed by atoms with Crippen molar-refractivity contribution < 1.29 is 13.9 Å². The smallest absolute Gasteiger partial charge is 0.313 e. The summed E-state index contributed by atoms with van der Waals surface area (Å²) in [5.41, 5.74) is 0. The lowest BCUT2D eigenvalue weighted by molar-refractivity contribution is -0.146. The first-order valence-corrected chi connectivity index (χ1v) is 5.50. The van der Waals surface area contributed by atoms with E-state index in [4.69, 9.17) is 16.3 Å². The first kappa shape index (κ1) is 11.8. The minimum atomic E-state index is -1.82. The van der Waals surface area contributed by atoms with Crippen LogP contribution in [0.1, 0.15) is 39.0 Å². The van der Waals surface area contributed by atoms with Crippen molar-refractivity contribution in [3.63, 3.8) is 0 Å². The molecule has 0 spiro atoms. The van der Waals surface area contributed by atoms with Crippen molar-refractivity contribution in [2.24, 2.45) is 5.92 Å². The van der Waals surface area contributed by atoms with Gasteiger partial charge in [-0.2, -0.15) is 0 Å². The number of halogens is 2. The van der Waals surface area contributed by atoms with Crippen molar-refractivity contribution in [1.82, 2.24) is 0 Å². The third-order valence-corrected chi connectivity index (χ3v) is 2.77. The summed E-state index contributed by atoms with van der Waals surface area (Å²) >= 11 is 5.30. The van der Waals surface area contributed by atoms with Crippen molar-refractivity contribution in [2.75, 3.05) is 6.61 Å². The quantitative estimate of drug-likeness (QED) is 0.392. The van der Waals surface area contributed by atoms with Crippen LogP contribution in [0.4, 0.5) is 4.39 Å². The lowest BCUT2D eigenvalue weighted by Crippen LogP contribution is -2.12. The van der Waals surface area contributed by atoms with Crippen molar-refractivity contribution in [3.05, 3.63) is 0 Å². The van der Waals surface area contributed by atoms with Gasteiger partial charge in [-0.3, -0.25) is 4.79 Å². The highest BCUT2D eigenvalue weighted by Crippen LogP contribution is 2.51. The summed E-state index contributed by atoms with van der Waals surface area (Å²) in [4.78, 5) is 11.1. The minimum absolute atomic E-state index is 0.0996. The van der Waals surface area contributed by atoms with Gasteiger partial charge in [-0.15, -0.1) is 0 Å². The highest BCUT2D eigenvalue weighted by atomic mass is 35.5. The van der Waals surface area contributed by atoms with Gasteiger partial charge >= 0.3 is 5.97 Å². The Kier molecular flexibility index (Phi) is 4.17. The third kappa shape index (κ3) is 3.45. The average Bonchev–Trinajstić information content (AvgIpc) is 2.75. The average molecular weight is 223 g/mol. The van der Waals surface area contributed by atoms with E-state index in [1.807, 2.05) is 0 Å². The van der Waals surface area contributed by atoms with Gasteiger partial charge in [0, 0.05) is 6.42 Å². The summed E-state index contributed by atoms with van der Waals surface area (Å²) in [6.45, 7) is 2.50. The zero-order chi connectivity index (χ0) is 10.6. The Hall–Kier alpha value is -0.310. The van der Waals surface area contributed by atoms with E-state index in [1.54, 1.807) is 0 Å². The molecule has 2 atom stereocenters. The number of carbonyl (C=O) groups excluding carboxylic acids is 1. The molecule has 1 unspecified atom stereocenters. The molecule has 0 radical (unpaired) electrons. The fourth-order valence-electron chi connectivity index (χ4n) is 1.27. The van der Waals surface area contributed by atoms with Crippen LogP contribution in [0.2, 0.25) is 0 Å². The second-order valence-corrected chi connectivity index (χ2v) is 4.37. The van der Waals surface area contributed by atoms with Crippen LogP contribution in [0.5, 0.6) is 0 Å². The number of rotatable bonds is 6. The van der Waals surface area contributed by atoms with Crippen LogP contribution in [0, 0.1) is 5.92 Å². The largest absolute Gasteiger partial charge is 0.465 e. The maximum Gasteiger partial charge on any atom is 0.313 e. The summed E-state index contributed by atoms with van der Waals surface area (Å²) in [6, 6.07) is 0. The Balaban J connectivity index is 2.00. The van der Waals surface area contributed by atoms with Crippen LogP contribution < -0.4 is 0 Å². The number of unbranched alkanes of at least 4 members (excludes halogenated alkanes) is 3. The van der Waals surface area contributed by atoms with Crippen LogP contribution in [0.15, 0.2) is 0 Å². The SMILES string of the molecule is CCCCCCOC(=O)[C@@H]1CC1(F)Cl. The molecule has 0 amide bonds. The van der Waals surface area contributed by atoms with Gasteiger partial charge in [0.2, 0.25) is 0 Å². The predicted molar refractivity (Wildman–Crippen MR) is 52.9 cm³/mol. The molecule has 14 heavy (non-hydrogen) atoms. The molecular weight excluding hydrogens is 207 g/mol. The molecule has 1 rings (SSSR count). The molecule has 1 fully saturated rings. The van der Waals surface area contributed by atoms with Crippen LogP contribution in [-0.4, -0.2) is 17.7 Å². The Morgan fingerprint density at radius 2 is 2.21 bits per heavy atom. The molecule has 0 N–H and O–H groups in total. The molecule has 0 bridgehead atoms. The maximum absolute atomic E-state index is 12.8. The summed E-state index contributed by atoms with van der Waals surface area (Å²) in [6.07, 6.45) is 4.29. The molecule has 1 aliphatic carbocycles. The summed E-state index contributed by atoms with van der Waals surface area (Å²) < 4.78 is 17.7. The van der Waals surface area contributed by atoms with Crippen molar-refractivity contribution in [2.45, 2.75) is 44.2 Å². The first-order chi connectivity index (χ1) is 6.58. The topological polar surface area (TPSA) is 26.3 Å². The van der Waals surface area contributed by atoms with Gasteiger partial charge in [0.05, 0.1) is 6.61 Å². The normalized spacial score (nSPS) is 30.1. The van der Waals surface area contributed by atoms with Gasteiger partial charge in [-0.25, -0.2) is 4.39 Å². The number of alkyl halides is 2. The first-order valence-electron chi connectivity index (χ1n) is 5.12. The highest BCUT2D eigenvalue weighted by molar-refractivity contribution is 6.26. The number of esters is 1. The van der Waals surface area contributed by atoms with Gasteiger partial charge in [-0.05, 0) is 6.42 Å². The molecule has 1 saturated carbocycles. The van der Waals surface area contributed by atoms with Gasteiger partial charge in [-0.1, -0.05) is 37.8 Å². The number of hydrogen-bond acceptors (Lipinski definition) is 2. The van der Waals surface area contributed by atoms with Gasteiger partial charge in [0.15, 0.2) is 5.13 Å². The maximum atomic E-state index is 12.8. The van der Waals surface area contributed by atoms with E-state index >= 15 is 0 Å². The fourth-order valence-corrected chi connectivity index (χ4v) is 1.51. The third-order valence-electron chi connectivity index (χ3n) is 2.35. The van der Waals surface area contributed by atoms with E-state index in [9.17, 15) is 9.18 Å². The van der Waals surface area contributed by atoms with E-state index in [1.165, 1.54) is 0 Å². The van der Waals surface area contributed by atoms with E-state index in [0.29, 0.717) is 6.61 Å². The van der Waals surface area contributed by atoms with Crippen LogP contribution in [0.25, 0.3) is 0 Å². The molecular formula is C10H16ClFO2. The molecule has 2 nitrogen and oxygen atoms in total. The van der Waals surface area contributed by atoms with Crippen molar-refractivity contribution >= 4 is 17.6 Å². The Morgan fingerprint density at radius 3 is 2.71 bits per heavy atom. The lowest BCUT2D eigenvalue weighted by Gasteiger charge is -2.03. The molecule has 0 heterocycles. The van der Waals surface area contributed by atoms with E-state index in [2.05, 4.69) is 6.92 Å². The molecule has 82 valence electrons. The molecule has 0 aromatic heterocycles. The molecule has 0 aromatic carbocycles. The Labute approximate surface area is 88.8 Å². The summed E-state index contributed by atoms with van der Waals surface area (Å²) in [7, 11) is 0. The van der Waals surface area contributed by atoms with Gasteiger partial charge < -0.3 is 4.74 Å². The molecule has 0 aliphatic heterocycles. The zero-order valence-corrected chi connectivity index (χ0v) is 9.15.